The minimum Gasteiger partial charge on any atom is -0.508 e. The van der Waals surface area contributed by atoms with Gasteiger partial charge < -0.3 is 14.9 Å². The molecule has 1 aromatic rings. The Kier molecular flexibility index (Phi) is 4.07. The monoisotopic (exact) mass is 265 g/mol. The number of Topliss-reactive ketones (excluding diaryl/α,β-unsaturated/α-hetero) is 1. The molecular formula is C14H19NO4. The molecule has 19 heavy (non-hydrogen) atoms. The molecule has 2 rings (SSSR count). The molecule has 0 amide bonds. The molecule has 0 aliphatic carbocycles. The molecule has 1 aliphatic heterocycles. The fourth-order valence-corrected chi connectivity index (χ4v) is 2.48. The van der Waals surface area contributed by atoms with Crippen LogP contribution >= 0.6 is 0 Å². The van der Waals surface area contributed by atoms with E-state index in [0.717, 1.165) is 13.0 Å². The second-order valence-corrected chi connectivity index (χ2v) is 4.97. The Morgan fingerprint density at radius 3 is 2.79 bits per heavy atom. The Labute approximate surface area is 112 Å². The molecule has 2 atom stereocenters. The van der Waals surface area contributed by atoms with E-state index < -0.39 is 0 Å². The minimum atomic E-state index is -0.186. The van der Waals surface area contributed by atoms with Crippen LogP contribution in [0.2, 0.25) is 0 Å². The van der Waals surface area contributed by atoms with Crippen LogP contribution in [0.5, 0.6) is 11.5 Å². The molecule has 0 aromatic heterocycles. The second kappa shape index (κ2) is 5.59. The van der Waals surface area contributed by atoms with Crippen molar-refractivity contribution in [3.63, 3.8) is 0 Å². The van der Waals surface area contributed by atoms with E-state index >= 15 is 0 Å². The van der Waals surface area contributed by atoms with Crippen LogP contribution < -0.4 is 0 Å². The quantitative estimate of drug-likeness (QED) is 0.805. The van der Waals surface area contributed by atoms with Crippen molar-refractivity contribution in [1.82, 2.24) is 4.90 Å². The van der Waals surface area contributed by atoms with Gasteiger partial charge in [0.15, 0.2) is 5.78 Å². The molecule has 2 N–H and O–H groups in total. The van der Waals surface area contributed by atoms with Crippen LogP contribution in [-0.2, 0) is 4.74 Å². The van der Waals surface area contributed by atoms with Gasteiger partial charge >= 0.3 is 0 Å². The summed E-state index contributed by atoms with van der Waals surface area (Å²) in [7, 11) is 1.88. The molecule has 5 heteroatoms. The lowest BCUT2D eigenvalue weighted by molar-refractivity contribution is 0.0744. The predicted octanol–water partition coefficient (Wildman–Crippen LogP) is 1.39. The van der Waals surface area contributed by atoms with E-state index in [2.05, 4.69) is 0 Å². The van der Waals surface area contributed by atoms with Gasteiger partial charge in [-0.25, -0.2) is 0 Å². The summed E-state index contributed by atoms with van der Waals surface area (Å²) in [6.45, 7) is 2.93. The Hall–Kier alpha value is -1.59. The van der Waals surface area contributed by atoms with Crippen LogP contribution in [0, 0.1) is 0 Å². The molecular weight excluding hydrogens is 246 g/mol. The third kappa shape index (κ3) is 3.05. The van der Waals surface area contributed by atoms with Crippen molar-refractivity contribution in [3.05, 3.63) is 23.8 Å². The highest BCUT2D eigenvalue weighted by molar-refractivity contribution is 6.00. The molecule has 0 bridgehead atoms. The van der Waals surface area contributed by atoms with Gasteiger partial charge in [-0.05, 0) is 32.5 Å². The molecule has 1 heterocycles. The highest BCUT2D eigenvalue weighted by atomic mass is 16.5. The molecule has 0 radical (unpaired) electrons. The van der Waals surface area contributed by atoms with Crippen LogP contribution in [-0.4, -0.2) is 53.2 Å². The SMILES string of the molecule is CC1OCCC1N(C)CC(=O)c1ccc(O)cc1O. The van der Waals surface area contributed by atoms with E-state index in [9.17, 15) is 15.0 Å². The topological polar surface area (TPSA) is 70.0 Å². The first kappa shape index (κ1) is 13.8. The summed E-state index contributed by atoms with van der Waals surface area (Å²) in [4.78, 5) is 14.1. The van der Waals surface area contributed by atoms with Crippen molar-refractivity contribution >= 4 is 5.78 Å². The summed E-state index contributed by atoms with van der Waals surface area (Å²) in [5.74, 6) is -0.409. The van der Waals surface area contributed by atoms with Gasteiger partial charge in [0, 0.05) is 18.7 Å². The number of phenols is 2. The number of ketones is 1. The Morgan fingerprint density at radius 1 is 1.47 bits per heavy atom. The summed E-state index contributed by atoms with van der Waals surface area (Å²) >= 11 is 0. The van der Waals surface area contributed by atoms with Crippen LogP contribution in [0.15, 0.2) is 18.2 Å². The highest BCUT2D eigenvalue weighted by Gasteiger charge is 2.29. The highest BCUT2D eigenvalue weighted by Crippen LogP contribution is 2.24. The predicted molar refractivity (Wildman–Crippen MR) is 70.6 cm³/mol. The van der Waals surface area contributed by atoms with Gasteiger partial charge in [0.25, 0.3) is 0 Å². The van der Waals surface area contributed by atoms with Gasteiger partial charge in [0.1, 0.15) is 11.5 Å². The maximum atomic E-state index is 12.1. The third-order valence-electron chi connectivity index (χ3n) is 3.58. The molecule has 0 spiro atoms. The lowest BCUT2D eigenvalue weighted by Crippen LogP contribution is -2.39. The zero-order valence-electron chi connectivity index (χ0n) is 11.2. The van der Waals surface area contributed by atoms with E-state index in [-0.39, 0.29) is 41.5 Å². The second-order valence-electron chi connectivity index (χ2n) is 4.97. The first-order chi connectivity index (χ1) is 8.99. The number of hydrogen-bond donors (Lipinski definition) is 2. The average molecular weight is 265 g/mol. The van der Waals surface area contributed by atoms with Crippen molar-refractivity contribution in [2.45, 2.75) is 25.5 Å². The number of nitrogens with zero attached hydrogens (tertiary/aromatic N) is 1. The Morgan fingerprint density at radius 2 is 2.21 bits per heavy atom. The van der Waals surface area contributed by atoms with Crippen molar-refractivity contribution in [3.8, 4) is 11.5 Å². The largest absolute Gasteiger partial charge is 0.508 e. The standard InChI is InChI=1S/C14H19NO4/c1-9-12(5-6-19-9)15(2)8-14(18)11-4-3-10(16)7-13(11)17/h3-4,7,9,12,16-17H,5-6,8H2,1-2H3. The number of ether oxygens (including phenoxy) is 1. The zero-order chi connectivity index (χ0) is 14.0. The van der Waals surface area contributed by atoms with Gasteiger partial charge in [0.05, 0.1) is 18.2 Å². The number of likely N-dealkylation sites (N-methyl/N-ethyl adjacent to an activating group) is 1. The summed E-state index contributed by atoms with van der Waals surface area (Å²) < 4.78 is 5.48. The Balaban J connectivity index is 2.04. The number of phenolic OH excluding ortho intramolecular Hbond substituents is 2. The lowest BCUT2D eigenvalue weighted by Gasteiger charge is -2.25. The van der Waals surface area contributed by atoms with E-state index in [0.29, 0.717) is 0 Å². The first-order valence-electron chi connectivity index (χ1n) is 6.36. The minimum absolute atomic E-state index is 0.0554. The van der Waals surface area contributed by atoms with E-state index in [1.165, 1.54) is 18.2 Å². The Bertz CT molecular complexity index is 475. The van der Waals surface area contributed by atoms with Crippen molar-refractivity contribution in [2.75, 3.05) is 20.2 Å². The molecule has 2 unspecified atom stereocenters. The number of aromatic hydroxyl groups is 2. The number of benzene rings is 1. The summed E-state index contributed by atoms with van der Waals surface area (Å²) in [5, 5.41) is 18.9. The van der Waals surface area contributed by atoms with E-state index in [1.54, 1.807) is 0 Å². The van der Waals surface area contributed by atoms with Gasteiger partial charge in [-0.2, -0.15) is 0 Å². The maximum Gasteiger partial charge on any atom is 0.180 e. The van der Waals surface area contributed by atoms with Gasteiger partial charge in [-0.15, -0.1) is 0 Å². The maximum absolute atomic E-state index is 12.1. The first-order valence-corrected chi connectivity index (χ1v) is 6.36. The fraction of sp³-hybridized carbons (Fsp3) is 0.500. The molecule has 0 saturated carbocycles. The number of hydrogen-bond acceptors (Lipinski definition) is 5. The molecule has 1 aliphatic rings. The molecule has 1 fully saturated rings. The molecule has 1 aromatic carbocycles. The normalized spacial score (nSPS) is 22.9. The van der Waals surface area contributed by atoms with Crippen LogP contribution in [0.4, 0.5) is 0 Å². The summed E-state index contributed by atoms with van der Waals surface area (Å²) in [6, 6.07) is 4.24. The van der Waals surface area contributed by atoms with Crippen molar-refractivity contribution in [2.24, 2.45) is 0 Å². The van der Waals surface area contributed by atoms with Crippen LogP contribution in [0.25, 0.3) is 0 Å². The average Bonchev–Trinajstić information content (AvgIpc) is 2.75. The van der Waals surface area contributed by atoms with E-state index in [4.69, 9.17) is 4.74 Å². The van der Waals surface area contributed by atoms with Gasteiger partial charge in [0.2, 0.25) is 0 Å². The number of carbonyl (C=O) groups excluding carboxylic acids is 1. The fourth-order valence-electron chi connectivity index (χ4n) is 2.48. The van der Waals surface area contributed by atoms with Gasteiger partial charge in [-0.1, -0.05) is 0 Å². The zero-order valence-corrected chi connectivity index (χ0v) is 11.2. The number of rotatable bonds is 4. The van der Waals surface area contributed by atoms with E-state index in [1.807, 2.05) is 18.9 Å². The van der Waals surface area contributed by atoms with Crippen LogP contribution in [0.1, 0.15) is 23.7 Å². The lowest BCUT2D eigenvalue weighted by atomic mass is 10.1. The summed E-state index contributed by atoms with van der Waals surface area (Å²) in [5.41, 5.74) is 0.233. The van der Waals surface area contributed by atoms with Crippen LogP contribution in [0.3, 0.4) is 0 Å². The molecule has 1 saturated heterocycles. The summed E-state index contributed by atoms with van der Waals surface area (Å²) in [6.07, 6.45) is 1.03. The van der Waals surface area contributed by atoms with Crippen molar-refractivity contribution < 1.29 is 19.7 Å². The third-order valence-corrected chi connectivity index (χ3v) is 3.58. The smallest absolute Gasteiger partial charge is 0.180 e. The molecule has 5 nitrogen and oxygen atoms in total. The van der Waals surface area contributed by atoms with Crippen molar-refractivity contribution in [1.29, 1.82) is 0 Å². The molecule has 104 valence electrons. The van der Waals surface area contributed by atoms with Gasteiger partial charge in [-0.3, -0.25) is 9.69 Å². The number of carbonyl (C=O) groups is 1.